The zero-order valence-corrected chi connectivity index (χ0v) is 17.4. The van der Waals surface area contributed by atoms with E-state index in [1.54, 1.807) is 12.1 Å². The number of nitrogens with zero attached hydrogens (tertiary/aromatic N) is 2. The SMILES string of the molecule is CCCCn1c2ccccc2c2cc(C(=O)OCc3cccc(Cl)c3)nc(C)c21. The van der Waals surface area contributed by atoms with Crippen molar-refractivity contribution in [3.05, 3.63) is 76.6 Å². The maximum atomic E-state index is 12.7. The predicted molar refractivity (Wildman–Crippen MR) is 117 cm³/mol. The fraction of sp³-hybridized carbons (Fsp3) is 0.250. The second kappa shape index (κ2) is 8.26. The first-order valence-electron chi connectivity index (χ1n) is 9.88. The lowest BCUT2D eigenvalue weighted by Gasteiger charge is -2.09. The number of aryl methyl sites for hydroxylation is 2. The minimum Gasteiger partial charge on any atom is -0.456 e. The molecule has 0 radical (unpaired) electrons. The molecule has 2 heterocycles. The molecule has 0 saturated carbocycles. The second-order valence-corrected chi connectivity index (χ2v) is 7.65. The average molecular weight is 407 g/mol. The van der Waals surface area contributed by atoms with Crippen LogP contribution in [0.4, 0.5) is 0 Å². The Morgan fingerprint density at radius 3 is 2.72 bits per heavy atom. The van der Waals surface area contributed by atoms with Crippen LogP contribution >= 0.6 is 11.6 Å². The second-order valence-electron chi connectivity index (χ2n) is 7.22. The van der Waals surface area contributed by atoms with Crippen molar-refractivity contribution < 1.29 is 9.53 Å². The van der Waals surface area contributed by atoms with Gasteiger partial charge in [0, 0.05) is 27.9 Å². The Balaban J connectivity index is 1.71. The van der Waals surface area contributed by atoms with Crippen LogP contribution in [0.2, 0.25) is 5.02 Å². The number of halogens is 1. The molecule has 2 aromatic carbocycles. The Morgan fingerprint density at radius 1 is 1.10 bits per heavy atom. The topological polar surface area (TPSA) is 44.1 Å². The van der Waals surface area contributed by atoms with Gasteiger partial charge in [0.1, 0.15) is 12.3 Å². The van der Waals surface area contributed by atoms with Gasteiger partial charge in [-0.2, -0.15) is 0 Å². The highest BCUT2D eigenvalue weighted by molar-refractivity contribution is 6.30. The Morgan fingerprint density at radius 2 is 1.93 bits per heavy atom. The number of fused-ring (bicyclic) bond motifs is 3. The molecule has 4 nitrogen and oxygen atoms in total. The summed E-state index contributed by atoms with van der Waals surface area (Å²) in [7, 11) is 0. The Labute approximate surface area is 175 Å². The number of benzene rings is 2. The van der Waals surface area contributed by atoms with E-state index in [2.05, 4.69) is 28.6 Å². The quantitative estimate of drug-likeness (QED) is 0.352. The van der Waals surface area contributed by atoms with Crippen LogP contribution in [-0.4, -0.2) is 15.5 Å². The first kappa shape index (κ1) is 19.5. The van der Waals surface area contributed by atoms with Crippen molar-refractivity contribution in [1.82, 2.24) is 9.55 Å². The number of unbranched alkanes of at least 4 members (excludes halogenated alkanes) is 1. The molecule has 0 aliphatic rings. The van der Waals surface area contributed by atoms with Gasteiger partial charge in [-0.25, -0.2) is 9.78 Å². The number of para-hydroxylation sites is 1. The number of pyridine rings is 1. The molecule has 0 aliphatic carbocycles. The van der Waals surface area contributed by atoms with Crippen molar-refractivity contribution in [3.8, 4) is 0 Å². The van der Waals surface area contributed by atoms with E-state index in [0.717, 1.165) is 46.9 Å². The van der Waals surface area contributed by atoms with Gasteiger partial charge in [-0.05, 0) is 43.2 Å². The highest BCUT2D eigenvalue weighted by atomic mass is 35.5. The van der Waals surface area contributed by atoms with E-state index in [1.807, 2.05) is 37.3 Å². The summed E-state index contributed by atoms with van der Waals surface area (Å²) >= 11 is 6.00. The van der Waals surface area contributed by atoms with E-state index in [0.29, 0.717) is 10.7 Å². The van der Waals surface area contributed by atoms with E-state index in [-0.39, 0.29) is 6.61 Å². The fourth-order valence-corrected chi connectivity index (χ4v) is 3.98. The number of rotatable bonds is 6. The zero-order valence-electron chi connectivity index (χ0n) is 16.6. The van der Waals surface area contributed by atoms with Crippen LogP contribution in [0.3, 0.4) is 0 Å². The van der Waals surface area contributed by atoms with Crippen LogP contribution < -0.4 is 0 Å². The van der Waals surface area contributed by atoms with Crippen LogP contribution in [0.15, 0.2) is 54.6 Å². The molecule has 0 unspecified atom stereocenters. The predicted octanol–water partition coefficient (Wildman–Crippen LogP) is 6.31. The highest BCUT2D eigenvalue weighted by Gasteiger charge is 2.18. The maximum absolute atomic E-state index is 12.7. The number of carbonyl (C=O) groups excluding carboxylic acids is 1. The van der Waals surface area contributed by atoms with Crippen molar-refractivity contribution in [3.63, 3.8) is 0 Å². The first-order valence-corrected chi connectivity index (χ1v) is 10.3. The minimum absolute atomic E-state index is 0.163. The third-order valence-corrected chi connectivity index (χ3v) is 5.36. The number of hydrogen-bond acceptors (Lipinski definition) is 3. The Bertz CT molecular complexity index is 1200. The lowest BCUT2D eigenvalue weighted by molar-refractivity contribution is 0.0465. The molecule has 29 heavy (non-hydrogen) atoms. The third kappa shape index (κ3) is 3.85. The molecule has 0 N–H and O–H groups in total. The van der Waals surface area contributed by atoms with Gasteiger partial charge in [-0.1, -0.05) is 55.3 Å². The van der Waals surface area contributed by atoms with E-state index >= 15 is 0 Å². The van der Waals surface area contributed by atoms with Gasteiger partial charge >= 0.3 is 5.97 Å². The molecule has 0 aliphatic heterocycles. The molecule has 0 fully saturated rings. The zero-order chi connectivity index (χ0) is 20.4. The number of aromatic nitrogens is 2. The molecule has 4 aromatic rings. The molecular formula is C24H23ClN2O2. The van der Waals surface area contributed by atoms with E-state index < -0.39 is 5.97 Å². The molecule has 148 valence electrons. The summed E-state index contributed by atoms with van der Waals surface area (Å²) in [6, 6.07) is 17.5. The number of ether oxygens (including phenoxy) is 1. The van der Waals surface area contributed by atoms with Crippen molar-refractivity contribution in [2.24, 2.45) is 0 Å². The van der Waals surface area contributed by atoms with Gasteiger partial charge in [-0.15, -0.1) is 0 Å². The molecule has 0 atom stereocenters. The maximum Gasteiger partial charge on any atom is 0.357 e. The van der Waals surface area contributed by atoms with Gasteiger partial charge < -0.3 is 9.30 Å². The van der Waals surface area contributed by atoms with Gasteiger partial charge in [0.25, 0.3) is 0 Å². The smallest absolute Gasteiger partial charge is 0.357 e. The standard InChI is InChI=1S/C24H23ClN2O2/c1-3-4-12-27-22-11-6-5-10-19(22)20-14-21(26-16(2)23(20)27)24(28)29-15-17-8-7-9-18(25)13-17/h5-11,13-14H,3-4,12,15H2,1-2H3. The normalized spacial score (nSPS) is 11.3. The summed E-state index contributed by atoms with van der Waals surface area (Å²) in [5.74, 6) is -0.430. The van der Waals surface area contributed by atoms with Crippen LogP contribution in [0.1, 0.15) is 41.5 Å². The van der Waals surface area contributed by atoms with Gasteiger partial charge in [-0.3, -0.25) is 0 Å². The van der Waals surface area contributed by atoms with E-state index in [9.17, 15) is 4.79 Å². The van der Waals surface area contributed by atoms with Gasteiger partial charge in [0.2, 0.25) is 0 Å². The monoisotopic (exact) mass is 406 g/mol. The lowest BCUT2D eigenvalue weighted by Crippen LogP contribution is -2.09. The molecule has 0 amide bonds. The minimum atomic E-state index is -0.430. The largest absolute Gasteiger partial charge is 0.456 e. The molecule has 0 spiro atoms. The van der Waals surface area contributed by atoms with E-state index in [1.165, 1.54) is 5.52 Å². The average Bonchev–Trinajstić information content (AvgIpc) is 3.05. The summed E-state index contributed by atoms with van der Waals surface area (Å²) in [4.78, 5) is 17.3. The Hall–Kier alpha value is -2.85. The van der Waals surface area contributed by atoms with E-state index in [4.69, 9.17) is 16.3 Å². The van der Waals surface area contributed by atoms with Gasteiger partial charge in [0.05, 0.1) is 11.2 Å². The highest BCUT2D eigenvalue weighted by Crippen LogP contribution is 2.31. The van der Waals surface area contributed by atoms with Crippen molar-refractivity contribution in [2.75, 3.05) is 0 Å². The summed E-state index contributed by atoms with van der Waals surface area (Å²) in [6.07, 6.45) is 2.21. The summed E-state index contributed by atoms with van der Waals surface area (Å²) < 4.78 is 7.81. The van der Waals surface area contributed by atoms with Crippen molar-refractivity contribution >= 4 is 39.4 Å². The first-order chi connectivity index (χ1) is 14.1. The molecular weight excluding hydrogens is 384 g/mol. The van der Waals surface area contributed by atoms with Crippen molar-refractivity contribution in [2.45, 2.75) is 39.8 Å². The van der Waals surface area contributed by atoms with Crippen LogP contribution in [0, 0.1) is 6.92 Å². The summed E-state index contributed by atoms with van der Waals surface area (Å²) in [6.45, 7) is 5.24. The number of carbonyl (C=O) groups is 1. The summed E-state index contributed by atoms with van der Waals surface area (Å²) in [5.41, 5.74) is 4.27. The third-order valence-electron chi connectivity index (χ3n) is 5.13. The molecule has 5 heteroatoms. The molecule has 0 saturated heterocycles. The number of esters is 1. The molecule has 4 rings (SSSR count). The lowest BCUT2D eigenvalue weighted by atomic mass is 10.1. The Kier molecular flexibility index (Phi) is 5.54. The van der Waals surface area contributed by atoms with Gasteiger partial charge in [0.15, 0.2) is 0 Å². The molecule has 0 bridgehead atoms. The summed E-state index contributed by atoms with van der Waals surface area (Å²) in [5, 5.41) is 2.79. The van der Waals surface area contributed by atoms with Crippen LogP contribution in [0.5, 0.6) is 0 Å². The van der Waals surface area contributed by atoms with Crippen LogP contribution in [-0.2, 0) is 17.9 Å². The van der Waals surface area contributed by atoms with Crippen molar-refractivity contribution in [1.29, 1.82) is 0 Å². The molecule has 2 aromatic heterocycles. The van der Waals surface area contributed by atoms with Crippen LogP contribution in [0.25, 0.3) is 21.8 Å². The fourth-order valence-electron chi connectivity index (χ4n) is 3.77. The number of hydrogen-bond donors (Lipinski definition) is 0.